The van der Waals surface area contributed by atoms with Gasteiger partial charge < -0.3 is 14.5 Å². The van der Waals surface area contributed by atoms with Crippen molar-refractivity contribution in [2.75, 3.05) is 31.6 Å². The topological polar surface area (TPSA) is 45.7 Å². The van der Waals surface area contributed by atoms with Gasteiger partial charge in [-0.15, -0.1) is 11.3 Å². The summed E-state index contributed by atoms with van der Waals surface area (Å²) in [6, 6.07) is 8.29. The average molecular weight is 343 g/mol. The molecule has 24 heavy (non-hydrogen) atoms. The lowest BCUT2D eigenvalue weighted by Crippen LogP contribution is -2.34. The van der Waals surface area contributed by atoms with Crippen LogP contribution in [0.3, 0.4) is 0 Å². The third-order valence-electron chi connectivity index (χ3n) is 5.22. The second-order valence-corrected chi connectivity index (χ2v) is 7.41. The zero-order valence-corrected chi connectivity index (χ0v) is 14.7. The summed E-state index contributed by atoms with van der Waals surface area (Å²) in [5.41, 5.74) is 1.19. The van der Waals surface area contributed by atoms with Crippen LogP contribution in [0.1, 0.15) is 18.5 Å². The lowest BCUT2D eigenvalue weighted by Gasteiger charge is -2.29. The van der Waals surface area contributed by atoms with Crippen molar-refractivity contribution in [3.05, 3.63) is 41.4 Å². The zero-order chi connectivity index (χ0) is 16.7. The summed E-state index contributed by atoms with van der Waals surface area (Å²) in [6.45, 7) is 4.45. The molecule has 2 fully saturated rings. The Morgan fingerprint density at radius 2 is 2.04 bits per heavy atom. The molecule has 0 radical (unpaired) electrons. The number of aromatic nitrogens is 1. The Morgan fingerprint density at radius 1 is 1.25 bits per heavy atom. The molecule has 0 spiro atoms. The number of amides is 1. The minimum absolute atomic E-state index is 0.142. The minimum atomic E-state index is 0.142. The van der Waals surface area contributed by atoms with Crippen LogP contribution in [-0.2, 0) is 4.79 Å². The molecule has 0 aliphatic carbocycles. The minimum Gasteiger partial charge on any atom is -0.497 e. The number of fused-ring (bicyclic) bond motifs is 1. The molecular formula is C18H21N3O2S. The summed E-state index contributed by atoms with van der Waals surface area (Å²) in [7, 11) is 1.67. The zero-order valence-electron chi connectivity index (χ0n) is 13.9. The van der Waals surface area contributed by atoms with Crippen LogP contribution in [0.25, 0.3) is 0 Å². The van der Waals surface area contributed by atoms with Crippen molar-refractivity contribution in [1.82, 2.24) is 9.88 Å². The molecule has 2 saturated heterocycles. The van der Waals surface area contributed by atoms with Crippen molar-refractivity contribution in [3.8, 4) is 5.75 Å². The standard InChI is InChI=1S/C18H21N3O2S/c1-12(22)21-10-14-9-20(18-19-7-8-24-18)11-16(14)17(21)13-3-5-15(23-2)6-4-13/h3-8,14,16-17H,9-11H2,1-2H3/t14-,16-,17+/m1/s1. The van der Waals surface area contributed by atoms with Gasteiger partial charge in [0.2, 0.25) is 5.91 Å². The lowest BCUT2D eigenvalue weighted by atomic mass is 9.89. The Kier molecular flexibility index (Phi) is 3.92. The predicted octanol–water partition coefficient (Wildman–Crippen LogP) is 2.81. The van der Waals surface area contributed by atoms with Crippen molar-refractivity contribution < 1.29 is 9.53 Å². The van der Waals surface area contributed by atoms with Crippen molar-refractivity contribution in [2.24, 2.45) is 11.8 Å². The molecule has 0 N–H and O–H groups in total. The Labute approximate surface area is 145 Å². The largest absolute Gasteiger partial charge is 0.497 e. The molecule has 3 heterocycles. The van der Waals surface area contributed by atoms with Gasteiger partial charge in [0.25, 0.3) is 0 Å². The molecular weight excluding hydrogens is 322 g/mol. The fraction of sp³-hybridized carbons (Fsp3) is 0.444. The number of likely N-dealkylation sites (tertiary alicyclic amines) is 1. The maximum atomic E-state index is 12.2. The lowest BCUT2D eigenvalue weighted by molar-refractivity contribution is -0.130. The second-order valence-electron chi connectivity index (χ2n) is 6.53. The van der Waals surface area contributed by atoms with E-state index in [4.69, 9.17) is 4.74 Å². The second kappa shape index (κ2) is 6.09. The van der Waals surface area contributed by atoms with Gasteiger partial charge in [-0.1, -0.05) is 12.1 Å². The van der Waals surface area contributed by atoms with Gasteiger partial charge in [0.05, 0.1) is 13.2 Å². The van der Waals surface area contributed by atoms with Gasteiger partial charge in [0.15, 0.2) is 5.13 Å². The molecule has 3 atom stereocenters. The van der Waals surface area contributed by atoms with E-state index in [1.54, 1.807) is 25.4 Å². The van der Waals surface area contributed by atoms with Crippen LogP contribution in [0.15, 0.2) is 35.8 Å². The van der Waals surface area contributed by atoms with Gasteiger partial charge >= 0.3 is 0 Å². The first-order chi connectivity index (χ1) is 11.7. The fourth-order valence-electron chi connectivity index (χ4n) is 4.13. The summed E-state index contributed by atoms with van der Waals surface area (Å²) in [6.07, 6.45) is 1.86. The number of methoxy groups -OCH3 is 1. The van der Waals surface area contributed by atoms with Gasteiger partial charge in [0, 0.05) is 50.0 Å². The number of hydrogen-bond donors (Lipinski definition) is 0. The Hall–Kier alpha value is -2.08. The maximum Gasteiger partial charge on any atom is 0.219 e. The highest BCUT2D eigenvalue weighted by molar-refractivity contribution is 7.13. The molecule has 6 heteroatoms. The first kappa shape index (κ1) is 15.4. The first-order valence-corrected chi connectivity index (χ1v) is 9.11. The van der Waals surface area contributed by atoms with Crippen LogP contribution in [0.2, 0.25) is 0 Å². The average Bonchev–Trinajstić information content (AvgIpc) is 3.29. The third kappa shape index (κ3) is 2.55. The van der Waals surface area contributed by atoms with E-state index >= 15 is 0 Å². The van der Waals surface area contributed by atoms with Crippen LogP contribution in [0.5, 0.6) is 5.75 Å². The SMILES string of the molecule is COc1ccc([C@H]2[C@@H]3CN(c4nccs4)C[C@@H]3CN2C(C)=O)cc1. The van der Waals surface area contributed by atoms with Crippen molar-refractivity contribution in [3.63, 3.8) is 0 Å². The molecule has 1 aromatic carbocycles. The van der Waals surface area contributed by atoms with Crippen LogP contribution >= 0.6 is 11.3 Å². The number of anilines is 1. The number of nitrogens with zero attached hydrogens (tertiary/aromatic N) is 3. The normalized spacial score (nSPS) is 25.8. The van der Waals surface area contributed by atoms with Gasteiger partial charge in [-0.2, -0.15) is 0 Å². The van der Waals surface area contributed by atoms with E-state index in [-0.39, 0.29) is 11.9 Å². The first-order valence-electron chi connectivity index (χ1n) is 8.23. The number of rotatable bonds is 3. The molecule has 0 unspecified atom stereocenters. The van der Waals surface area contributed by atoms with E-state index in [9.17, 15) is 4.79 Å². The fourth-order valence-corrected chi connectivity index (χ4v) is 4.79. The van der Waals surface area contributed by atoms with Gasteiger partial charge in [-0.05, 0) is 17.7 Å². The van der Waals surface area contributed by atoms with Crippen LogP contribution in [0, 0.1) is 11.8 Å². The van der Waals surface area contributed by atoms with Crippen LogP contribution in [0.4, 0.5) is 5.13 Å². The van der Waals surface area contributed by atoms with Crippen LogP contribution in [-0.4, -0.2) is 42.5 Å². The summed E-state index contributed by atoms with van der Waals surface area (Å²) < 4.78 is 5.26. The number of carbonyl (C=O) groups excluding carboxylic acids is 1. The number of carbonyl (C=O) groups is 1. The molecule has 126 valence electrons. The maximum absolute atomic E-state index is 12.2. The van der Waals surface area contributed by atoms with E-state index in [0.29, 0.717) is 11.8 Å². The predicted molar refractivity (Wildman–Crippen MR) is 94.4 cm³/mol. The smallest absolute Gasteiger partial charge is 0.219 e. The number of thiazole rings is 1. The summed E-state index contributed by atoms with van der Waals surface area (Å²) in [5.74, 6) is 1.96. The van der Waals surface area contributed by atoms with E-state index in [0.717, 1.165) is 30.5 Å². The van der Waals surface area contributed by atoms with E-state index < -0.39 is 0 Å². The molecule has 2 aromatic rings. The van der Waals surface area contributed by atoms with E-state index in [2.05, 4.69) is 22.0 Å². The Bertz CT molecular complexity index is 716. The van der Waals surface area contributed by atoms with Gasteiger partial charge in [-0.25, -0.2) is 4.98 Å². The Morgan fingerprint density at radius 3 is 2.67 bits per heavy atom. The van der Waals surface area contributed by atoms with Crippen molar-refractivity contribution in [1.29, 1.82) is 0 Å². The summed E-state index contributed by atoms with van der Waals surface area (Å²) in [5, 5.41) is 3.11. The van der Waals surface area contributed by atoms with Gasteiger partial charge in [-0.3, -0.25) is 4.79 Å². The highest BCUT2D eigenvalue weighted by atomic mass is 32.1. The number of hydrogen-bond acceptors (Lipinski definition) is 5. The molecule has 2 aliphatic rings. The summed E-state index contributed by atoms with van der Waals surface area (Å²) in [4.78, 5) is 21.0. The highest BCUT2D eigenvalue weighted by Gasteiger charge is 2.48. The third-order valence-corrected chi connectivity index (χ3v) is 6.05. The quantitative estimate of drug-likeness (QED) is 0.860. The number of ether oxygens (including phenoxy) is 1. The molecule has 1 aromatic heterocycles. The molecule has 4 rings (SSSR count). The van der Waals surface area contributed by atoms with Crippen molar-refractivity contribution in [2.45, 2.75) is 13.0 Å². The highest BCUT2D eigenvalue weighted by Crippen LogP contribution is 2.46. The van der Waals surface area contributed by atoms with Gasteiger partial charge in [0.1, 0.15) is 5.75 Å². The summed E-state index contributed by atoms with van der Waals surface area (Å²) >= 11 is 1.69. The number of benzene rings is 1. The van der Waals surface area contributed by atoms with E-state index in [1.807, 2.05) is 28.6 Å². The van der Waals surface area contributed by atoms with E-state index in [1.165, 1.54) is 5.56 Å². The monoisotopic (exact) mass is 343 g/mol. The Balaban J connectivity index is 1.62. The van der Waals surface area contributed by atoms with Crippen LogP contribution < -0.4 is 9.64 Å². The molecule has 0 saturated carbocycles. The molecule has 1 amide bonds. The molecule has 2 aliphatic heterocycles. The molecule has 5 nitrogen and oxygen atoms in total. The molecule has 0 bridgehead atoms. The van der Waals surface area contributed by atoms with Crippen molar-refractivity contribution >= 4 is 22.4 Å².